The van der Waals surface area contributed by atoms with E-state index in [1.807, 2.05) is 125 Å². The lowest BCUT2D eigenvalue weighted by atomic mass is 9.75. The van der Waals surface area contributed by atoms with E-state index in [-0.39, 0.29) is 27.2 Å². The van der Waals surface area contributed by atoms with Gasteiger partial charge in [0, 0.05) is 141 Å². The smallest absolute Gasteiger partial charge is 0.267 e. The van der Waals surface area contributed by atoms with Crippen molar-refractivity contribution in [1.82, 2.24) is 0 Å². The van der Waals surface area contributed by atoms with Gasteiger partial charge in [-0.3, -0.25) is 0 Å². The predicted molar refractivity (Wildman–Crippen MR) is 442 cm³/mol. The summed E-state index contributed by atoms with van der Waals surface area (Å²) in [5.74, 6) is 5.15. The normalized spacial score (nSPS) is 18.4. The second kappa shape index (κ2) is 36.3. The molecule has 0 saturated heterocycles. The lowest BCUT2D eigenvalue weighted by Gasteiger charge is -2.38. The van der Waals surface area contributed by atoms with Crippen LogP contribution in [0, 0.1) is 0 Å². The van der Waals surface area contributed by atoms with Gasteiger partial charge in [-0.1, -0.05) is 170 Å². The molecule has 0 radical (unpaired) electrons. The first-order chi connectivity index (χ1) is 57.3. The van der Waals surface area contributed by atoms with E-state index in [1.165, 1.54) is 22.3 Å². The van der Waals surface area contributed by atoms with Crippen molar-refractivity contribution in [3.63, 3.8) is 0 Å². The maximum atomic E-state index is 7.75. The van der Waals surface area contributed by atoms with Crippen molar-refractivity contribution in [2.24, 2.45) is 0 Å². The van der Waals surface area contributed by atoms with Gasteiger partial charge in [0.25, 0.3) is 25.2 Å². The van der Waals surface area contributed by atoms with Gasteiger partial charge in [-0.2, -0.15) is 0 Å². The van der Waals surface area contributed by atoms with Crippen LogP contribution in [0.3, 0.4) is 0 Å². The summed E-state index contributed by atoms with van der Waals surface area (Å²) in [6.07, 6.45) is 0.874. The molecule has 16 nitrogen and oxygen atoms in total. The molecule has 0 atom stereocenters. The predicted octanol–water partition coefficient (Wildman–Crippen LogP) is 22.4. The third-order valence-corrected chi connectivity index (χ3v) is 22.3. The number of ether oxygens (including phenoxy) is 16. The summed E-state index contributed by atoms with van der Waals surface area (Å²) in [5.41, 5.74) is 15.0. The van der Waals surface area contributed by atoms with Gasteiger partial charge in [-0.25, -0.2) is 0 Å². The summed E-state index contributed by atoms with van der Waals surface area (Å²) in [7, 11) is 0. The monoisotopic (exact) mass is 1550 g/mol. The van der Waals surface area contributed by atoms with E-state index in [9.17, 15) is 0 Å². The van der Waals surface area contributed by atoms with E-state index < -0.39 is 48.8 Å². The third-order valence-electron chi connectivity index (χ3n) is 22.3. The zero-order valence-corrected chi connectivity index (χ0v) is 65.9. The Kier molecular flexibility index (Phi) is 24.0. The number of hydrogen-bond donors (Lipinski definition) is 0. The Hall–Kier alpha value is -11.9. The fraction of sp³-hybridized carbons (Fsp3) is 0.280. The standard InChI is InChI=1S/C100H96O16/c1-5-101-61-105-73-37-21-33-69(49-73)97-109-89-57-91-83-53-81(89)77(45-41-65-25-13-9-14-26-65)82-54-84-79(47-43-67-29-17-11-18-30-67)86-56-88-80(48-44-68-31-19-12-20-32-68)87-55-85(78(83)46-42-66-27-15-10-16-28-66)93(113-98(111-91)70-34-22-38-74(50-70)106-62-102-6-2)59-95(87)115-100(72-36-24-40-76(52-72)108-64-104-8-4)116-96(88)60-94(86)114-99(112-92(84)58-90(82)110-97)71-35-23-39-75(51-71)107-63-103-7-3/h9-40,49-60,77-80,97-100H,5-8,41-48,61-64H2,1-4H3. The van der Waals surface area contributed by atoms with E-state index >= 15 is 0 Å². The van der Waals surface area contributed by atoms with E-state index in [2.05, 4.69) is 170 Å². The molecule has 12 aromatic carbocycles. The molecule has 0 N–H and O–H groups in total. The first-order valence-electron chi connectivity index (χ1n) is 40.7. The molecule has 116 heavy (non-hydrogen) atoms. The van der Waals surface area contributed by atoms with Gasteiger partial charge in [0.1, 0.15) is 69.0 Å². The first-order valence-corrected chi connectivity index (χ1v) is 40.7. The molecule has 0 saturated carbocycles. The van der Waals surface area contributed by atoms with Crippen molar-refractivity contribution < 1.29 is 75.8 Å². The van der Waals surface area contributed by atoms with Crippen LogP contribution in [-0.2, 0) is 44.6 Å². The maximum Gasteiger partial charge on any atom is 0.267 e. The molecule has 8 bridgehead atoms. The van der Waals surface area contributed by atoms with Crippen LogP contribution in [0.5, 0.6) is 69.0 Å². The average molecular weight is 1550 g/mol. The molecule has 0 amide bonds. The quantitative estimate of drug-likeness (QED) is 0.0291. The summed E-state index contributed by atoms with van der Waals surface area (Å²) in [4.78, 5) is 0. The zero-order valence-electron chi connectivity index (χ0n) is 65.9. The molecule has 0 fully saturated rings. The lowest BCUT2D eigenvalue weighted by molar-refractivity contribution is -0.0129. The molecular formula is C100H96O16. The minimum Gasteiger partial charge on any atom is -0.468 e. The molecule has 0 unspecified atom stereocenters. The van der Waals surface area contributed by atoms with Crippen molar-refractivity contribution in [2.45, 2.75) is 128 Å². The number of hydrogen-bond acceptors (Lipinski definition) is 16. The second-order valence-electron chi connectivity index (χ2n) is 29.6. The molecule has 16 heteroatoms. The molecular weight excluding hydrogens is 1460 g/mol. The molecule has 0 aromatic heterocycles. The fourth-order valence-electron chi connectivity index (χ4n) is 16.5. The van der Waals surface area contributed by atoms with E-state index in [0.717, 1.165) is 44.5 Å². The van der Waals surface area contributed by atoms with Crippen LogP contribution in [0.25, 0.3) is 0 Å². The maximum absolute atomic E-state index is 7.75. The highest BCUT2D eigenvalue weighted by atomic mass is 16.7. The highest BCUT2D eigenvalue weighted by Gasteiger charge is 2.42. The van der Waals surface area contributed by atoms with Crippen LogP contribution in [-0.4, -0.2) is 53.6 Å². The highest BCUT2D eigenvalue weighted by molar-refractivity contribution is 5.66. The first kappa shape index (κ1) is 76.7. The summed E-state index contributed by atoms with van der Waals surface area (Å²) in [6, 6.07) is 92.1. The van der Waals surface area contributed by atoms with Crippen LogP contribution in [0.1, 0.15) is 191 Å². The van der Waals surface area contributed by atoms with Gasteiger partial charge in [-0.15, -0.1) is 0 Å². The second-order valence-corrected chi connectivity index (χ2v) is 29.6. The molecule has 17 rings (SSSR count). The van der Waals surface area contributed by atoms with Gasteiger partial charge < -0.3 is 75.8 Å². The summed E-state index contributed by atoms with van der Waals surface area (Å²) >= 11 is 0. The van der Waals surface area contributed by atoms with Crippen LogP contribution in [0.15, 0.2) is 267 Å². The number of aryl methyl sites for hydroxylation is 4. The topological polar surface area (TPSA) is 148 Å². The molecule has 12 aromatic rings. The van der Waals surface area contributed by atoms with Crippen molar-refractivity contribution in [1.29, 1.82) is 0 Å². The van der Waals surface area contributed by atoms with Crippen molar-refractivity contribution in [3.8, 4) is 69.0 Å². The zero-order chi connectivity index (χ0) is 78.5. The van der Waals surface area contributed by atoms with E-state index in [4.69, 9.17) is 75.8 Å². The Labute approximate surface area is 678 Å². The van der Waals surface area contributed by atoms with E-state index in [1.54, 1.807) is 0 Å². The molecule has 0 spiro atoms. The average Bonchev–Trinajstić information content (AvgIpc) is 0.727. The van der Waals surface area contributed by atoms with E-state index in [0.29, 0.717) is 169 Å². The highest BCUT2D eigenvalue weighted by Crippen LogP contribution is 2.58. The molecule has 1 aliphatic carbocycles. The number of benzene rings is 12. The van der Waals surface area contributed by atoms with Gasteiger partial charge in [0.05, 0.1) is 0 Å². The Morgan fingerprint density at radius 1 is 0.216 bits per heavy atom. The summed E-state index contributed by atoms with van der Waals surface area (Å²) in [6.45, 7) is 9.89. The summed E-state index contributed by atoms with van der Waals surface area (Å²) in [5, 5.41) is 0. The van der Waals surface area contributed by atoms with Gasteiger partial charge >= 0.3 is 0 Å². The SMILES string of the molecule is CCOCOc1cccc(C2Oc3cc4c5cc3C(CCc3ccccc3)c3cc6c(cc3O2)OC(c2cccc(OCOCC)c2)Oc2cc3c(cc2C6CCc2ccccc2)C(CCc2ccccc2)c2cc(c(cc2OC(c2cccc(OCOCC)c2)O3)OC(c2cccc(OCOCC)c2)O4)C5CCc2ccccc2)c1. The van der Waals surface area contributed by atoms with Crippen molar-refractivity contribution in [2.75, 3.05) is 53.6 Å². The van der Waals surface area contributed by atoms with Crippen LogP contribution in [0.4, 0.5) is 0 Å². The molecule has 4 heterocycles. The lowest BCUT2D eigenvalue weighted by Crippen LogP contribution is -2.26. The molecule has 592 valence electrons. The fourth-order valence-corrected chi connectivity index (χ4v) is 16.5. The van der Waals surface area contributed by atoms with Crippen molar-refractivity contribution >= 4 is 0 Å². The van der Waals surface area contributed by atoms with Crippen LogP contribution >= 0.6 is 0 Å². The Morgan fingerprint density at radius 2 is 0.414 bits per heavy atom. The Balaban J connectivity index is 0.996. The van der Waals surface area contributed by atoms with Crippen LogP contribution < -0.4 is 56.8 Å². The number of rotatable bonds is 32. The van der Waals surface area contributed by atoms with Crippen LogP contribution in [0.2, 0.25) is 0 Å². The molecule has 5 aliphatic rings. The Bertz CT molecular complexity index is 4540. The van der Waals surface area contributed by atoms with Gasteiger partial charge in [-0.05, 0) is 174 Å². The Morgan fingerprint density at radius 3 is 0.603 bits per heavy atom. The summed E-state index contributed by atoms with van der Waals surface area (Å²) < 4.78 is 110. The van der Waals surface area contributed by atoms with Gasteiger partial charge in [0.15, 0.2) is 27.2 Å². The minimum absolute atomic E-state index is 0.0489. The third kappa shape index (κ3) is 17.5. The largest absolute Gasteiger partial charge is 0.468 e. The minimum atomic E-state index is -1.10. The van der Waals surface area contributed by atoms with Gasteiger partial charge in [0.2, 0.25) is 0 Å². The molecule has 4 aliphatic heterocycles. The van der Waals surface area contributed by atoms with Crippen molar-refractivity contribution in [3.05, 3.63) is 356 Å².